The first-order chi connectivity index (χ1) is 10.3. The van der Waals surface area contributed by atoms with E-state index in [0.29, 0.717) is 45.5 Å². The maximum atomic E-state index is 11.0. The van der Waals surface area contributed by atoms with Gasteiger partial charge in [-0.05, 0) is 12.8 Å². The SMILES string of the molecule is CCCCOCCOCCOCCNC1CCC(=O)NC1. The largest absolute Gasteiger partial charge is 0.379 e. The van der Waals surface area contributed by atoms with Crippen LogP contribution >= 0.6 is 0 Å². The number of ether oxygens (including phenoxy) is 3. The average Bonchev–Trinajstić information content (AvgIpc) is 2.50. The summed E-state index contributed by atoms with van der Waals surface area (Å²) >= 11 is 0. The van der Waals surface area contributed by atoms with Gasteiger partial charge < -0.3 is 24.8 Å². The molecular weight excluding hydrogens is 272 g/mol. The first-order valence-electron chi connectivity index (χ1n) is 8.06. The summed E-state index contributed by atoms with van der Waals surface area (Å²) in [6.45, 7) is 7.68. The summed E-state index contributed by atoms with van der Waals surface area (Å²) in [6, 6.07) is 0.378. The fourth-order valence-corrected chi connectivity index (χ4v) is 2.03. The minimum absolute atomic E-state index is 0.153. The van der Waals surface area contributed by atoms with E-state index in [1.807, 2.05) is 0 Å². The zero-order valence-electron chi connectivity index (χ0n) is 13.2. The van der Waals surface area contributed by atoms with Gasteiger partial charge in [0.2, 0.25) is 5.91 Å². The van der Waals surface area contributed by atoms with Gasteiger partial charge in [0.1, 0.15) is 0 Å². The van der Waals surface area contributed by atoms with Gasteiger partial charge in [0.15, 0.2) is 0 Å². The summed E-state index contributed by atoms with van der Waals surface area (Å²) in [4.78, 5) is 11.0. The molecule has 2 N–H and O–H groups in total. The molecule has 1 aliphatic rings. The Hall–Kier alpha value is -0.690. The summed E-state index contributed by atoms with van der Waals surface area (Å²) in [6.07, 6.45) is 3.80. The number of amides is 1. The number of nitrogens with one attached hydrogen (secondary N) is 2. The van der Waals surface area contributed by atoms with E-state index in [4.69, 9.17) is 14.2 Å². The standard InChI is InChI=1S/C15H30N2O4/c1-2-3-7-19-9-11-21-12-10-20-8-6-16-14-4-5-15(18)17-13-14/h14,16H,2-13H2,1H3,(H,17,18). The molecule has 0 aromatic carbocycles. The Balaban J connectivity index is 1.74. The van der Waals surface area contributed by atoms with Crippen LogP contribution in [0.4, 0.5) is 0 Å². The fraction of sp³-hybridized carbons (Fsp3) is 0.933. The van der Waals surface area contributed by atoms with Gasteiger partial charge in [-0.2, -0.15) is 0 Å². The lowest BCUT2D eigenvalue weighted by Gasteiger charge is -2.23. The maximum Gasteiger partial charge on any atom is 0.220 e. The zero-order chi connectivity index (χ0) is 15.2. The topological polar surface area (TPSA) is 68.8 Å². The van der Waals surface area contributed by atoms with Crippen molar-refractivity contribution in [2.45, 2.75) is 38.6 Å². The van der Waals surface area contributed by atoms with Gasteiger partial charge in [-0.3, -0.25) is 4.79 Å². The second kappa shape index (κ2) is 13.0. The van der Waals surface area contributed by atoms with E-state index < -0.39 is 0 Å². The Morgan fingerprint density at radius 3 is 2.38 bits per heavy atom. The molecule has 1 saturated heterocycles. The van der Waals surface area contributed by atoms with E-state index in [1.165, 1.54) is 0 Å². The molecule has 6 nitrogen and oxygen atoms in total. The highest BCUT2D eigenvalue weighted by Gasteiger charge is 2.16. The van der Waals surface area contributed by atoms with Crippen LogP contribution in [-0.2, 0) is 19.0 Å². The smallest absolute Gasteiger partial charge is 0.220 e. The summed E-state index contributed by atoms with van der Waals surface area (Å²) in [7, 11) is 0. The Labute approximate surface area is 127 Å². The van der Waals surface area contributed by atoms with Crippen molar-refractivity contribution >= 4 is 5.91 Å². The Kier molecular flexibility index (Phi) is 11.4. The Bertz CT molecular complexity index is 254. The lowest BCUT2D eigenvalue weighted by molar-refractivity contribution is -0.122. The van der Waals surface area contributed by atoms with E-state index in [0.717, 1.165) is 39.0 Å². The van der Waals surface area contributed by atoms with E-state index in [-0.39, 0.29) is 5.91 Å². The number of unbranched alkanes of at least 4 members (excludes halogenated alkanes) is 1. The second-order valence-electron chi connectivity index (χ2n) is 5.18. The highest BCUT2D eigenvalue weighted by atomic mass is 16.5. The van der Waals surface area contributed by atoms with Crippen LogP contribution in [0.5, 0.6) is 0 Å². The van der Waals surface area contributed by atoms with Crippen molar-refractivity contribution in [1.82, 2.24) is 10.6 Å². The molecule has 124 valence electrons. The molecule has 0 aromatic rings. The first-order valence-corrected chi connectivity index (χ1v) is 8.06. The highest BCUT2D eigenvalue weighted by molar-refractivity contribution is 5.76. The third-order valence-electron chi connectivity index (χ3n) is 3.33. The highest BCUT2D eigenvalue weighted by Crippen LogP contribution is 2.01. The normalized spacial score (nSPS) is 18.7. The molecule has 1 heterocycles. The van der Waals surface area contributed by atoms with E-state index in [2.05, 4.69) is 17.6 Å². The average molecular weight is 302 g/mol. The maximum absolute atomic E-state index is 11.0. The predicted octanol–water partition coefficient (Wildman–Crippen LogP) is 0.705. The molecule has 0 aliphatic carbocycles. The molecule has 1 rings (SSSR count). The van der Waals surface area contributed by atoms with Gasteiger partial charge in [0.05, 0.1) is 33.0 Å². The summed E-state index contributed by atoms with van der Waals surface area (Å²) < 4.78 is 16.3. The van der Waals surface area contributed by atoms with Crippen LogP contribution in [-0.4, -0.2) is 64.7 Å². The quantitative estimate of drug-likeness (QED) is 0.490. The second-order valence-corrected chi connectivity index (χ2v) is 5.18. The summed E-state index contributed by atoms with van der Waals surface area (Å²) in [5.41, 5.74) is 0. The van der Waals surface area contributed by atoms with Crippen LogP contribution in [0.1, 0.15) is 32.6 Å². The van der Waals surface area contributed by atoms with Gasteiger partial charge in [-0.25, -0.2) is 0 Å². The molecular formula is C15H30N2O4. The molecule has 0 saturated carbocycles. The predicted molar refractivity (Wildman–Crippen MR) is 81.4 cm³/mol. The third-order valence-corrected chi connectivity index (χ3v) is 3.33. The molecule has 21 heavy (non-hydrogen) atoms. The minimum atomic E-state index is 0.153. The molecule has 1 amide bonds. The van der Waals surface area contributed by atoms with Crippen molar-refractivity contribution in [3.63, 3.8) is 0 Å². The lowest BCUT2D eigenvalue weighted by atomic mass is 10.1. The van der Waals surface area contributed by atoms with Gasteiger partial charge in [0.25, 0.3) is 0 Å². The molecule has 1 fully saturated rings. The molecule has 1 aliphatic heterocycles. The van der Waals surface area contributed by atoms with Crippen molar-refractivity contribution in [2.75, 3.05) is 52.7 Å². The summed E-state index contributed by atoms with van der Waals surface area (Å²) in [5, 5.41) is 6.22. The zero-order valence-corrected chi connectivity index (χ0v) is 13.2. The van der Waals surface area contributed by atoms with Gasteiger partial charge in [-0.1, -0.05) is 13.3 Å². The van der Waals surface area contributed by atoms with Crippen molar-refractivity contribution in [3.05, 3.63) is 0 Å². The molecule has 1 atom stereocenters. The number of rotatable bonds is 13. The third kappa shape index (κ3) is 10.6. The van der Waals surface area contributed by atoms with Gasteiger partial charge >= 0.3 is 0 Å². The molecule has 0 radical (unpaired) electrons. The number of hydrogen-bond acceptors (Lipinski definition) is 5. The first kappa shape index (κ1) is 18.4. The van der Waals surface area contributed by atoms with Crippen molar-refractivity contribution in [1.29, 1.82) is 0 Å². The van der Waals surface area contributed by atoms with Crippen LogP contribution in [0.2, 0.25) is 0 Å². The van der Waals surface area contributed by atoms with Crippen LogP contribution in [0.25, 0.3) is 0 Å². The van der Waals surface area contributed by atoms with Crippen molar-refractivity contribution in [2.24, 2.45) is 0 Å². The van der Waals surface area contributed by atoms with Gasteiger partial charge in [0, 0.05) is 32.2 Å². The monoisotopic (exact) mass is 302 g/mol. The van der Waals surface area contributed by atoms with Crippen LogP contribution in [0.3, 0.4) is 0 Å². The Morgan fingerprint density at radius 2 is 1.76 bits per heavy atom. The van der Waals surface area contributed by atoms with E-state index in [9.17, 15) is 4.79 Å². The molecule has 1 unspecified atom stereocenters. The van der Waals surface area contributed by atoms with Crippen LogP contribution in [0.15, 0.2) is 0 Å². The van der Waals surface area contributed by atoms with Gasteiger partial charge in [-0.15, -0.1) is 0 Å². The number of carbonyl (C=O) groups is 1. The summed E-state index contributed by atoms with van der Waals surface area (Å²) in [5.74, 6) is 0.153. The number of carbonyl (C=O) groups excluding carboxylic acids is 1. The lowest BCUT2D eigenvalue weighted by Crippen LogP contribution is -2.46. The van der Waals surface area contributed by atoms with Crippen molar-refractivity contribution in [3.8, 4) is 0 Å². The fourth-order valence-electron chi connectivity index (χ4n) is 2.03. The Morgan fingerprint density at radius 1 is 1.10 bits per heavy atom. The van der Waals surface area contributed by atoms with Crippen LogP contribution in [0, 0.1) is 0 Å². The number of hydrogen-bond donors (Lipinski definition) is 2. The molecule has 0 aromatic heterocycles. The van der Waals surface area contributed by atoms with E-state index in [1.54, 1.807) is 0 Å². The molecule has 0 spiro atoms. The van der Waals surface area contributed by atoms with Crippen molar-refractivity contribution < 1.29 is 19.0 Å². The number of piperidine rings is 1. The van der Waals surface area contributed by atoms with Crippen LogP contribution < -0.4 is 10.6 Å². The molecule has 6 heteroatoms. The molecule has 0 bridgehead atoms. The van der Waals surface area contributed by atoms with E-state index >= 15 is 0 Å². The minimum Gasteiger partial charge on any atom is -0.379 e.